The molecule has 1 aliphatic heterocycles. The van der Waals surface area contributed by atoms with Crippen molar-refractivity contribution in [1.82, 2.24) is 0 Å². The summed E-state index contributed by atoms with van der Waals surface area (Å²) in [5.74, 6) is 1.62. The van der Waals surface area contributed by atoms with Crippen LogP contribution in [0.1, 0.15) is 58.8 Å². The Morgan fingerprint density at radius 2 is 2.22 bits per heavy atom. The summed E-state index contributed by atoms with van der Waals surface area (Å²) in [5, 5.41) is 0. The van der Waals surface area contributed by atoms with E-state index in [1.165, 1.54) is 16.9 Å². The van der Waals surface area contributed by atoms with E-state index in [0.717, 1.165) is 44.9 Å². The fraction of sp³-hybridized carbons (Fsp3) is 0.688. The van der Waals surface area contributed by atoms with Gasteiger partial charge in [0.1, 0.15) is 5.78 Å². The van der Waals surface area contributed by atoms with Crippen LogP contribution in [0.25, 0.3) is 0 Å². The van der Waals surface area contributed by atoms with E-state index in [1.807, 2.05) is 0 Å². The molecule has 0 bridgehead atoms. The normalized spacial score (nSPS) is 35.6. The van der Waals surface area contributed by atoms with E-state index in [9.17, 15) is 4.79 Å². The molecule has 0 radical (unpaired) electrons. The van der Waals surface area contributed by atoms with E-state index >= 15 is 0 Å². The van der Waals surface area contributed by atoms with Crippen molar-refractivity contribution in [3.05, 3.63) is 23.0 Å². The molecule has 0 aromatic heterocycles. The van der Waals surface area contributed by atoms with Crippen molar-refractivity contribution in [1.29, 1.82) is 0 Å². The van der Waals surface area contributed by atoms with Gasteiger partial charge in [0, 0.05) is 12.8 Å². The van der Waals surface area contributed by atoms with Crippen molar-refractivity contribution in [3.63, 3.8) is 0 Å². The standard InChI is InChI=1S/C16H22O2/c1-3-11-7-8-12-13-5-4-6-15(17)16(13,2)10-9-14(12)18-11/h5,11H,3-4,6-10H2,1-2H3. The van der Waals surface area contributed by atoms with E-state index in [2.05, 4.69) is 19.9 Å². The van der Waals surface area contributed by atoms with Gasteiger partial charge in [-0.05, 0) is 50.2 Å². The largest absolute Gasteiger partial charge is 0.494 e. The van der Waals surface area contributed by atoms with Gasteiger partial charge in [-0.3, -0.25) is 4.79 Å². The molecule has 98 valence electrons. The van der Waals surface area contributed by atoms with Gasteiger partial charge in [-0.1, -0.05) is 13.0 Å². The Morgan fingerprint density at radius 3 is 3.00 bits per heavy atom. The van der Waals surface area contributed by atoms with Gasteiger partial charge >= 0.3 is 0 Å². The zero-order chi connectivity index (χ0) is 12.8. The second-order valence-electron chi connectivity index (χ2n) is 6.00. The van der Waals surface area contributed by atoms with Crippen LogP contribution in [0.3, 0.4) is 0 Å². The predicted octanol–water partition coefficient (Wildman–Crippen LogP) is 3.92. The summed E-state index contributed by atoms with van der Waals surface area (Å²) in [5.41, 5.74) is 2.45. The van der Waals surface area contributed by atoms with E-state index in [-0.39, 0.29) is 5.41 Å². The van der Waals surface area contributed by atoms with Crippen LogP contribution in [0.5, 0.6) is 0 Å². The summed E-state index contributed by atoms with van der Waals surface area (Å²) >= 11 is 0. The van der Waals surface area contributed by atoms with E-state index < -0.39 is 0 Å². The van der Waals surface area contributed by atoms with Crippen molar-refractivity contribution < 1.29 is 9.53 Å². The Balaban J connectivity index is 1.98. The van der Waals surface area contributed by atoms with Gasteiger partial charge in [0.2, 0.25) is 0 Å². The average molecular weight is 246 g/mol. The van der Waals surface area contributed by atoms with Crippen LogP contribution in [0.2, 0.25) is 0 Å². The SMILES string of the molecule is CCC1CCC2=C(CCC3(C)C(=O)CCC=C23)O1. The molecule has 0 N–H and O–H groups in total. The molecule has 0 saturated heterocycles. The molecule has 0 fully saturated rings. The molecule has 2 nitrogen and oxygen atoms in total. The predicted molar refractivity (Wildman–Crippen MR) is 71.1 cm³/mol. The molecule has 2 aliphatic carbocycles. The molecule has 3 aliphatic rings. The molecule has 0 aromatic carbocycles. The maximum atomic E-state index is 12.2. The zero-order valence-electron chi connectivity index (χ0n) is 11.4. The number of carbonyl (C=O) groups excluding carboxylic acids is 1. The lowest BCUT2D eigenvalue weighted by molar-refractivity contribution is -0.127. The van der Waals surface area contributed by atoms with Crippen LogP contribution in [-0.4, -0.2) is 11.9 Å². The number of hydrogen-bond donors (Lipinski definition) is 0. The van der Waals surface area contributed by atoms with Crippen LogP contribution in [0.4, 0.5) is 0 Å². The molecular weight excluding hydrogens is 224 g/mol. The monoisotopic (exact) mass is 246 g/mol. The molecule has 2 heteroatoms. The second kappa shape index (κ2) is 4.25. The molecule has 2 atom stereocenters. The fourth-order valence-corrected chi connectivity index (χ4v) is 3.65. The van der Waals surface area contributed by atoms with Crippen molar-refractivity contribution in [2.24, 2.45) is 5.41 Å². The van der Waals surface area contributed by atoms with Gasteiger partial charge in [0.25, 0.3) is 0 Å². The van der Waals surface area contributed by atoms with E-state index in [1.54, 1.807) is 0 Å². The first-order valence-electron chi connectivity index (χ1n) is 7.28. The third-order valence-corrected chi connectivity index (χ3v) is 4.92. The summed E-state index contributed by atoms with van der Waals surface area (Å²) in [7, 11) is 0. The number of ether oxygens (including phenoxy) is 1. The summed E-state index contributed by atoms with van der Waals surface area (Å²) in [6.07, 6.45) is 9.52. The Labute approximate surface area is 109 Å². The Morgan fingerprint density at radius 1 is 1.39 bits per heavy atom. The molecule has 2 unspecified atom stereocenters. The van der Waals surface area contributed by atoms with E-state index in [0.29, 0.717) is 11.9 Å². The molecule has 0 saturated carbocycles. The van der Waals surface area contributed by atoms with Gasteiger partial charge < -0.3 is 4.74 Å². The zero-order valence-corrected chi connectivity index (χ0v) is 11.4. The topological polar surface area (TPSA) is 26.3 Å². The molecule has 0 aromatic rings. The summed E-state index contributed by atoms with van der Waals surface area (Å²) < 4.78 is 6.10. The minimum Gasteiger partial charge on any atom is -0.494 e. The minimum atomic E-state index is -0.209. The third-order valence-electron chi connectivity index (χ3n) is 4.92. The smallest absolute Gasteiger partial charge is 0.143 e. The van der Waals surface area contributed by atoms with Gasteiger partial charge in [-0.2, -0.15) is 0 Å². The highest BCUT2D eigenvalue weighted by atomic mass is 16.5. The highest BCUT2D eigenvalue weighted by Crippen LogP contribution is 2.50. The van der Waals surface area contributed by atoms with E-state index in [4.69, 9.17) is 4.74 Å². The highest BCUT2D eigenvalue weighted by molar-refractivity contribution is 5.90. The molecule has 0 amide bonds. The van der Waals surface area contributed by atoms with Crippen molar-refractivity contribution in [3.8, 4) is 0 Å². The Kier molecular flexibility index (Phi) is 2.84. The van der Waals surface area contributed by atoms with Crippen molar-refractivity contribution in [2.75, 3.05) is 0 Å². The summed E-state index contributed by atoms with van der Waals surface area (Å²) in [4.78, 5) is 12.2. The lowest BCUT2D eigenvalue weighted by Crippen LogP contribution is -2.38. The quantitative estimate of drug-likeness (QED) is 0.701. The number of fused-ring (bicyclic) bond motifs is 2. The van der Waals surface area contributed by atoms with Crippen molar-refractivity contribution in [2.45, 2.75) is 64.9 Å². The summed E-state index contributed by atoms with van der Waals surface area (Å²) in [6.45, 7) is 4.32. The number of carbonyl (C=O) groups is 1. The Hall–Kier alpha value is -1.05. The third kappa shape index (κ3) is 1.65. The molecule has 18 heavy (non-hydrogen) atoms. The molecule has 3 rings (SSSR count). The second-order valence-corrected chi connectivity index (χ2v) is 6.00. The van der Waals surface area contributed by atoms with Gasteiger partial charge in [-0.15, -0.1) is 0 Å². The van der Waals surface area contributed by atoms with Crippen LogP contribution in [0, 0.1) is 5.41 Å². The number of rotatable bonds is 1. The number of hydrogen-bond acceptors (Lipinski definition) is 2. The number of Topliss-reactive ketones (excluding diaryl/α,β-unsaturated/α-hetero) is 1. The van der Waals surface area contributed by atoms with Gasteiger partial charge in [0.15, 0.2) is 0 Å². The maximum absolute atomic E-state index is 12.2. The van der Waals surface area contributed by atoms with Crippen LogP contribution in [-0.2, 0) is 9.53 Å². The first-order chi connectivity index (χ1) is 8.65. The highest BCUT2D eigenvalue weighted by Gasteiger charge is 2.44. The first-order valence-corrected chi connectivity index (χ1v) is 7.28. The lowest BCUT2D eigenvalue weighted by Gasteiger charge is -2.42. The minimum absolute atomic E-state index is 0.209. The van der Waals surface area contributed by atoms with Gasteiger partial charge in [-0.25, -0.2) is 0 Å². The summed E-state index contributed by atoms with van der Waals surface area (Å²) in [6, 6.07) is 0. The van der Waals surface area contributed by atoms with Crippen LogP contribution >= 0.6 is 0 Å². The van der Waals surface area contributed by atoms with Crippen LogP contribution in [0.15, 0.2) is 23.0 Å². The fourth-order valence-electron chi connectivity index (χ4n) is 3.65. The molecule has 0 spiro atoms. The number of ketones is 1. The lowest BCUT2D eigenvalue weighted by atomic mass is 9.63. The van der Waals surface area contributed by atoms with Crippen LogP contribution < -0.4 is 0 Å². The maximum Gasteiger partial charge on any atom is 0.143 e. The molecule has 1 heterocycles. The first kappa shape index (κ1) is 12.0. The van der Waals surface area contributed by atoms with Gasteiger partial charge in [0.05, 0.1) is 17.3 Å². The molecular formula is C16H22O2. The number of allylic oxidation sites excluding steroid dienone is 4. The van der Waals surface area contributed by atoms with Crippen molar-refractivity contribution >= 4 is 5.78 Å². The average Bonchev–Trinajstić information content (AvgIpc) is 2.40. The Bertz CT molecular complexity index is 444.